The van der Waals surface area contributed by atoms with Gasteiger partial charge >= 0.3 is 0 Å². The van der Waals surface area contributed by atoms with Crippen LogP contribution >= 0.6 is 35.8 Å². The van der Waals surface area contributed by atoms with E-state index in [4.69, 9.17) is 11.6 Å². The zero-order valence-corrected chi connectivity index (χ0v) is 14.0. The molecule has 1 unspecified atom stereocenters. The van der Waals surface area contributed by atoms with Gasteiger partial charge in [-0.15, -0.1) is 12.4 Å². The quantitative estimate of drug-likeness (QED) is 0.793. The number of thioether (sulfide) groups is 1. The van der Waals surface area contributed by atoms with Gasteiger partial charge in [-0.1, -0.05) is 11.6 Å². The van der Waals surface area contributed by atoms with Gasteiger partial charge in [0.25, 0.3) is 0 Å². The number of rotatable bonds is 6. The highest BCUT2D eigenvalue weighted by Gasteiger charge is 2.22. The van der Waals surface area contributed by atoms with Gasteiger partial charge in [0.05, 0.1) is 5.02 Å². The summed E-state index contributed by atoms with van der Waals surface area (Å²) in [6.45, 7) is 3.04. The van der Waals surface area contributed by atoms with Crippen LogP contribution in [0.25, 0.3) is 0 Å². The molecular weight excluding hydrogens is 318 g/mol. The predicted octanol–water partition coefficient (Wildman–Crippen LogP) is 3.82. The third-order valence-electron chi connectivity index (χ3n) is 3.46. The molecular formula is C14H21Cl2FN2S. The highest BCUT2D eigenvalue weighted by Crippen LogP contribution is 2.26. The van der Waals surface area contributed by atoms with E-state index in [1.165, 1.54) is 6.07 Å². The fourth-order valence-corrected chi connectivity index (χ4v) is 3.06. The lowest BCUT2D eigenvalue weighted by Gasteiger charge is -2.31. The normalized spacial score (nSPS) is 17.9. The third kappa shape index (κ3) is 4.69. The number of hydrogen-bond acceptors (Lipinski definition) is 3. The molecule has 2 rings (SSSR count). The first kappa shape index (κ1) is 17.9. The zero-order valence-electron chi connectivity index (χ0n) is 11.6. The van der Waals surface area contributed by atoms with E-state index < -0.39 is 0 Å². The number of hydrogen-bond donors (Lipinski definition) is 1. The molecule has 0 aliphatic carbocycles. The first-order valence-electron chi connectivity index (χ1n) is 6.63. The molecule has 0 amide bonds. The maximum atomic E-state index is 13.3. The van der Waals surface area contributed by atoms with E-state index >= 15 is 0 Å². The van der Waals surface area contributed by atoms with Crippen LogP contribution in [0.2, 0.25) is 5.02 Å². The van der Waals surface area contributed by atoms with Crippen LogP contribution in [0.3, 0.4) is 0 Å². The minimum atomic E-state index is -0.348. The number of halogens is 3. The first-order chi connectivity index (χ1) is 9.22. The van der Waals surface area contributed by atoms with Crippen LogP contribution in [0.15, 0.2) is 18.2 Å². The molecule has 0 spiro atoms. The van der Waals surface area contributed by atoms with E-state index in [2.05, 4.69) is 16.5 Å². The Balaban J connectivity index is 0.00000200. The van der Waals surface area contributed by atoms with Gasteiger partial charge in [0.1, 0.15) is 5.82 Å². The molecule has 1 saturated heterocycles. The van der Waals surface area contributed by atoms with Crippen molar-refractivity contribution in [2.24, 2.45) is 0 Å². The summed E-state index contributed by atoms with van der Waals surface area (Å²) < 4.78 is 13.3. The second kappa shape index (κ2) is 8.98. The molecule has 1 heterocycles. The molecule has 2 nitrogen and oxygen atoms in total. The van der Waals surface area contributed by atoms with E-state index in [0.29, 0.717) is 6.04 Å². The topological polar surface area (TPSA) is 15.3 Å². The van der Waals surface area contributed by atoms with Crippen molar-refractivity contribution >= 4 is 41.5 Å². The lowest BCUT2D eigenvalue weighted by Crippen LogP contribution is -2.38. The lowest BCUT2D eigenvalue weighted by molar-refractivity contribution is 0.617. The Morgan fingerprint density at radius 1 is 1.50 bits per heavy atom. The van der Waals surface area contributed by atoms with E-state index in [-0.39, 0.29) is 23.2 Å². The Morgan fingerprint density at radius 3 is 2.90 bits per heavy atom. The Hall–Kier alpha value is -0.160. The van der Waals surface area contributed by atoms with Gasteiger partial charge in [0, 0.05) is 24.8 Å². The smallest absolute Gasteiger partial charge is 0.141 e. The van der Waals surface area contributed by atoms with Gasteiger partial charge in [-0.25, -0.2) is 4.39 Å². The largest absolute Gasteiger partial charge is 0.367 e. The van der Waals surface area contributed by atoms with Crippen molar-refractivity contribution in [1.29, 1.82) is 0 Å². The Labute approximate surface area is 135 Å². The van der Waals surface area contributed by atoms with E-state index in [1.54, 1.807) is 6.07 Å². The van der Waals surface area contributed by atoms with Gasteiger partial charge < -0.3 is 10.2 Å². The standard InChI is InChI=1S/C14H20ClFN2S.ClH/c1-19-8-2-7-18(12-5-6-17-10-12)11-3-4-14(16)13(15)9-11;/h3-4,9,12,17H,2,5-8,10H2,1H3;1H. The van der Waals surface area contributed by atoms with Crippen molar-refractivity contribution in [2.75, 3.05) is 36.5 Å². The van der Waals surface area contributed by atoms with Gasteiger partial charge in [-0.3, -0.25) is 0 Å². The highest BCUT2D eigenvalue weighted by atomic mass is 35.5. The van der Waals surface area contributed by atoms with E-state index in [0.717, 1.165) is 43.9 Å². The molecule has 1 aromatic carbocycles. The Bertz CT molecular complexity index is 414. The van der Waals surface area contributed by atoms with Gasteiger partial charge in [0.2, 0.25) is 0 Å². The molecule has 114 valence electrons. The fraction of sp³-hybridized carbons (Fsp3) is 0.571. The first-order valence-corrected chi connectivity index (χ1v) is 8.41. The number of anilines is 1. The van der Waals surface area contributed by atoms with Crippen LogP contribution in [0, 0.1) is 5.82 Å². The Kier molecular flexibility index (Phi) is 8.03. The summed E-state index contributed by atoms with van der Waals surface area (Å²) in [7, 11) is 0. The summed E-state index contributed by atoms with van der Waals surface area (Å²) in [6.07, 6.45) is 4.39. The zero-order chi connectivity index (χ0) is 13.7. The molecule has 1 aromatic rings. The highest BCUT2D eigenvalue weighted by molar-refractivity contribution is 7.98. The minimum absolute atomic E-state index is 0. The molecule has 6 heteroatoms. The summed E-state index contributed by atoms with van der Waals surface area (Å²) in [4.78, 5) is 2.36. The molecule has 1 fully saturated rings. The van der Waals surface area contributed by atoms with E-state index in [1.807, 2.05) is 17.8 Å². The maximum Gasteiger partial charge on any atom is 0.141 e. The van der Waals surface area contributed by atoms with Crippen molar-refractivity contribution in [2.45, 2.75) is 18.9 Å². The monoisotopic (exact) mass is 338 g/mol. The third-order valence-corrected chi connectivity index (χ3v) is 4.44. The summed E-state index contributed by atoms with van der Waals surface area (Å²) in [6, 6.07) is 5.53. The van der Waals surface area contributed by atoms with Gasteiger partial charge in [0.15, 0.2) is 0 Å². The second-order valence-corrected chi connectivity index (χ2v) is 6.18. The van der Waals surface area contributed by atoms with Crippen molar-refractivity contribution in [3.05, 3.63) is 29.0 Å². The molecule has 1 aliphatic rings. The summed E-state index contributed by atoms with van der Waals surface area (Å²) >= 11 is 7.76. The van der Waals surface area contributed by atoms with Crippen molar-refractivity contribution in [3.8, 4) is 0 Å². The summed E-state index contributed by atoms with van der Waals surface area (Å²) in [5, 5.41) is 3.59. The van der Waals surface area contributed by atoms with Crippen LogP contribution in [-0.2, 0) is 0 Å². The molecule has 0 aromatic heterocycles. The van der Waals surface area contributed by atoms with Crippen molar-refractivity contribution in [1.82, 2.24) is 5.32 Å². The number of benzene rings is 1. The van der Waals surface area contributed by atoms with Crippen molar-refractivity contribution in [3.63, 3.8) is 0 Å². The maximum absolute atomic E-state index is 13.3. The lowest BCUT2D eigenvalue weighted by atomic mass is 10.1. The number of nitrogens with one attached hydrogen (secondary N) is 1. The predicted molar refractivity (Wildman–Crippen MR) is 90.3 cm³/mol. The van der Waals surface area contributed by atoms with Crippen LogP contribution in [0.5, 0.6) is 0 Å². The summed E-state index contributed by atoms with van der Waals surface area (Å²) in [5.41, 5.74) is 1.03. The van der Waals surface area contributed by atoms with Crippen LogP contribution in [0.1, 0.15) is 12.8 Å². The molecule has 0 radical (unpaired) electrons. The van der Waals surface area contributed by atoms with Crippen LogP contribution < -0.4 is 10.2 Å². The van der Waals surface area contributed by atoms with Gasteiger partial charge in [-0.2, -0.15) is 11.8 Å². The molecule has 1 N–H and O–H groups in total. The number of nitrogens with zero attached hydrogens (tertiary/aromatic N) is 1. The molecule has 1 atom stereocenters. The van der Waals surface area contributed by atoms with Crippen molar-refractivity contribution < 1.29 is 4.39 Å². The van der Waals surface area contributed by atoms with Crippen LogP contribution in [-0.4, -0.2) is 37.7 Å². The average molecular weight is 339 g/mol. The molecule has 0 bridgehead atoms. The Morgan fingerprint density at radius 2 is 2.30 bits per heavy atom. The average Bonchev–Trinajstić information content (AvgIpc) is 2.92. The molecule has 1 aliphatic heterocycles. The second-order valence-electron chi connectivity index (χ2n) is 4.78. The van der Waals surface area contributed by atoms with Gasteiger partial charge in [-0.05, 0) is 49.6 Å². The molecule has 0 saturated carbocycles. The summed E-state index contributed by atoms with van der Waals surface area (Å²) in [5.74, 6) is 0.796. The van der Waals surface area contributed by atoms with E-state index in [9.17, 15) is 4.39 Å². The minimum Gasteiger partial charge on any atom is -0.367 e. The fourth-order valence-electron chi connectivity index (χ4n) is 2.47. The SMILES string of the molecule is CSCCCN(c1ccc(F)c(Cl)c1)C1CCNC1.Cl. The van der Waals surface area contributed by atoms with Crippen LogP contribution in [0.4, 0.5) is 10.1 Å². The molecule has 20 heavy (non-hydrogen) atoms.